The first-order valence-electron chi connectivity index (χ1n) is 1.87. The van der Waals surface area contributed by atoms with Crippen LogP contribution in [-0.2, 0) is 0 Å². The molecule has 0 rings (SSSR count). The van der Waals surface area contributed by atoms with Gasteiger partial charge < -0.3 is 20.8 Å². The molecule has 0 aliphatic carbocycles. The normalized spacial score (nSPS) is 14.6. The van der Waals surface area contributed by atoms with Crippen molar-refractivity contribution in [3.05, 3.63) is 0 Å². The fourth-order valence-corrected chi connectivity index (χ4v) is 0. The van der Waals surface area contributed by atoms with Gasteiger partial charge in [0, 0.05) is 0 Å². The zero-order valence-corrected chi connectivity index (χ0v) is 5.65. The first kappa shape index (κ1) is 11.1. The number of aliphatic hydroxyl groups is 3. The molecule has 4 nitrogen and oxygen atoms in total. The van der Waals surface area contributed by atoms with E-state index in [1.807, 2.05) is 0 Å². The topological polar surface area (TPSA) is 92.2 Å². The summed E-state index contributed by atoms with van der Waals surface area (Å²) in [4.78, 5) is 0. The minimum atomic E-state index is -2.54. The molecule has 0 amide bonds. The standard InChI is InChI=1S/C3H9O3P.H2O/c1-2(7)3(4,5)6;/h2,4-6H,7H2,1H3;1H2. The number of rotatable bonds is 1. The molecule has 0 aromatic carbocycles. The molecule has 0 aromatic heterocycles. The first-order chi connectivity index (χ1) is 2.94. The molecular formula is C3H11O4P. The maximum atomic E-state index is 8.19. The quantitative estimate of drug-likeness (QED) is 0.293. The highest BCUT2D eigenvalue weighted by Crippen LogP contribution is 2.09. The van der Waals surface area contributed by atoms with E-state index in [9.17, 15) is 0 Å². The summed E-state index contributed by atoms with van der Waals surface area (Å²) in [6.07, 6.45) is 0. The van der Waals surface area contributed by atoms with Crippen LogP contribution >= 0.6 is 9.24 Å². The highest BCUT2D eigenvalue weighted by Gasteiger charge is 2.22. The van der Waals surface area contributed by atoms with Gasteiger partial charge >= 0.3 is 0 Å². The SMILES string of the molecule is CC(P)C(O)(O)O.O. The Morgan fingerprint density at radius 2 is 1.50 bits per heavy atom. The zero-order chi connectivity index (χ0) is 6.08. The van der Waals surface area contributed by atoms with Gasteiger partial charge in [0.2, 0.25) is 0 Å². The van der Waals surface area contributed by atoms with Gasteiger partial charge in [-0.25, -0.2) is 0 Å². The molecular weight excluding hydrogens is 131 g/mol. The van der Waals surface area contributed by atoms with E-state index in [1.165, 1.54) is 6.92 Å². The van der Waals surface area contributed by atoms with Crippen LogP contribution in [-0.4, -0.2) is 32.4 Å². The minimum absolute atomic E-state index is 0. The van der Waals surface area contributed by atoms with Crippen LogP contribution in [0.5, 0.6) is 0 Å². The van der Waals surface area contributed by atoms with E-state index >= 15 is 0 Å². The third-order valence-electron chi connectivity index (χ3n) is 0.611. The lowest BCUT2D eigenvalue weighted by atomic mass is 10.4. The molecule has 0 aliphatic heterocycles. The van der Waals surface area contributed by atoms with Crippen LogP contribution in [0.1, 0.15) is 6.92 Å². The Morgan fingerprint density at radius 3 is 1.50 bits per heavy atom. The second-order valence-corrected chi connectivity index (χ2v) is 2.48. The monoisotopic (exact) mass is 142 g/mol. The van der Waals surface area contributed by atoms with Crippen molar-refractivity contribution in [2.75, 3.05) is 0 Å². The van der Waals surface area contributed by atoms with Crippen LogP contribution in [0.15, 0.2) is 0 Å². The third-order valence-corrected chi connectivity index (χ3v) is 1.06. The van der Waals surface area contributed by atoms with Crippen LogP contribution in [0.3, 0.4) is 0 Å². The van der Waals surface area contributed by atoms with Gasteiger partial charge in [-0.2, -0.15) is 0 Å². The zero-order valence-electron chi connectivity index (χ0n) is 4.50. The average molecular weight is 142 g/mol. The molecule has 0 spiro atoms. The molecule has 0 saturated carbocycles. The molecule has 2 atom stereocenters. The molecule has 5 N–H and O–H groups in total. The molecule has 0 saturated heterocycles. The molecule has 0 bridgehead atoms. The summed E-state index contributed by atoms with van der Waals surface area (Å²) in [7, 11) is 2.05. The molecule has 0 heterocycles. The van der Waals surface area contributed by atoms with Crippen molar-refractivity contribution in [3.63, 3.8) is 0 Å². The van der Waals surface area contributed by atoms with Crippen molar-refractivity contribution >= 4 is 9.24 Å². The summed E-state index contributed by atoms with van der Waals surface area (Å²) in [5.41, 5.74) is -0.618. The van der Waals surface area contributed by atoms with Gasteiger partial charge in [-0.05, 0) is 0 Å². The van der Waals surface area contributed by atoms with E-state index in [-0.39, 0.29) is 5.48 Å². The van der Waals surface area contributed by atoms with Gasteiger partial charge in [0.15, 0.2) is 0 Å². The van der Waals surface area contributed by atoms with Crippen molar-refractivity contribution in [1.82, 2.24) is 0 Å². The molecule has 52 valence electrons. The molecule has 8 heavy (non-hydrogen) atoms. The summed E-state index contributed by atoms with van der Waals surface area (Å²) in [6.45, 7) is 1.46. The van der Waals surface area contributed by atoms with Crippen LogP contribution in [0.4, 0.5) is 0 Å². The molecule has 5 heteroatoms. The molecule has 0 aromatic rings. The smallest absolute Gasteiger partial charge is 0.281 e. The summed E-state index contributed by atoms with van der Waals surface area (Å²) in [5, 5.41) is 24.6. The molecule has 0 aliphatic rings. The summed E-state index contributed by atoms with van der Waals surface area (Å²) in [5.74, 6) is -2.54. The Kier molecular flexibility index (Phi) is 4.62. The van der Waals surface area contributed by atoms with E-state index in [2.05, 4.69) is 9.24 Å². The van der Waals surface area contributed by atoms with E-state index in [1.54, 1.807) is 0 Å². The maximum absolute atomic E-state index is 8.19. The van der Waals surface area contributed by atoms with Gasteiger partial charge in [-0.3, -0.25) is 0 Å². The van der Waals surface area contributed by atoms with E-state index in [4.69, 9.17) is 15.3 Å². The van der Waals surface area contributed by atoms with Gasteiger partial charge in [0.1, 0.15) is 0 Å². The Hall–Kier alpha value is 0.270. The number of hydrogen-bond donors (Lipinski definition) is 3. The van der Waals surface area contributed by atoms with Gasteiger partial charge in [-0.1, -0.05) is 6.92 Å². The van der Waals surface area contributed by atoms with Crippen molar-refractivity contribution in [3.8, 4) is 0 Å². The Morgan fingerprint density at radius 1 is 1.38 bits per heavy atom. The molecule has 2 unspecified atom stereocenters. The maximum Gasteiger partial charge on any atom is 0.281 e. The highest BCUT2D eigenvalue weighted by molar-refractivity contribution is 7.17. The molecule has 0 fully saturated rings. The largest absolute Gasteiger partial charge is 0.412 e. The van der Waals surface area contributed by atoms with E-state index in [0.717, 1.165) is 0 Å². The second-order valence-electron chi connectivity index (χ2n) is 1.48. The van der Waals surface area contributed by atoms with Crippen molar-refractivity contribution in [2.45, 2.75) is 18.6 Å². The van der Waals surface area contributed by atoms with Gasteiger partial charge in [0.05, 0.1) is 5.66 Å². The predicted molar refractivity (Wildman–Crippen MR) is 32.2 cm³/mol. The fourth-order valence-electron chi connectivity index (χ4n) is 0. The first-order valence-corrected chi connectivity index (χ1v) is 2.54. The van der Waals surface area contributed by atoms with Crippen LogP contribution in [0.2, 0.25) is 0 Å². The highest BCUT2D eigenvalue weighted by atomic mass is 31.0. The lowest BCUT2D eigenvalue weighted by molar-refractivity contribution is -0.308. The lowest BCUT2D eigenvalue weighted by Gasteiger charge is -2.16. The Balaban J connectivity index is 0. The third kappa shape index (κ3) is 4.43. The van der Waals surface area contributed by atoms with Crippen molar-refractivity contribution in [1.29, 1.82) is 0 Å². The Labute approximate surface area is 49.7 Å². The summed E-state index contributed by atoms with van der Waals surface area (Å²) in [6, 6.07) is 0. The van der Waals surface area contributed by atoms with E-state index in [0.29, 0.717) is 0 Å². The van der Waals surface area contributed by atoms with E-state index < -0.39 is 11.6 Å². The number of hydrogen-bond acceptors (Lipinski definition) is 3. The van der Waals surface area contributed by atoms with Crippen molar-refractivity contribution < 1.29 is 20.8 Å². The predicted octanol–water partition coefficient (Wildman–Crippen LogP) is -1.94. The minimum Gasteiger partial charge on any atom is -0.412 e. The lowest BCUT2D eigenvalue weighted by Crippen LogP contribution is -2.35. The van der Waals surface area contributed by atoms with Crippen LogP contribution in [0, 0.1) is 0 Å². The van der Waals surface area contributed by atoms with Gasteiger partial charge in [0.25, 0.3) is 5.97 Å². The van der Waals surface area contributed by atoms with Crippen LogP contribution in [0.25, 0.3) is 0 Å². The summed E-state index contributed by atoms with van der Waals surface area (Å²) >= 11 is 0. The summed E-state index contributed by atoms with van der Waals surface area (Å²) < 4.78 is 0. The second kappa shape index (κ2) is 3.33. The Bertz CT molecular complexity index is 56.8. The van der Waals surface area contributed by atoms with Gasteiger partial charge in [-0.15, -0.1) is 9.24 Å². The van der Waals surface area contributed by atoms with Crippen LogP contribution < -0.4 is 0 Å². The molecule has 0 radical (unpaired) electrons. The van der Waals surface area contributed by atoms with Crippen molar-refractivity contribution in [2.24, 2.45) is 0 Å². The fraction of sp³-hybridized carbons (Fsp3) is 1.00. The average Bonchev–Trinajstić information content (AvgIpc) is 1.31.